The summed E-state index contributed by atoms with van der Waals surface area (Å²) in [6, 6.07) is 0. The van der Waals surface area contributed by atoms with E-state index >= 15 is 0 Å². The van der Waals surface area contributed by atoms with Gasteiger partial charge < -0.3 is 10.3 Å². The highest BCUT2D eigenvalue weighted by atomic mass is 32.2. The van der Waals surface area contributed by atoms with E-state index in [-0.39, 0.29) is 0 Å². The van der Waals surface area contributed by atoms with Gasteiger partial charge in [-0.1, -0.05) is 17.3 Å². The molecule has 2 N–H and O–H groups in total. The highest BCUT2D eigenvalue weighted by molar-refractivity contribution is 7.99. The molecule has 0 unspecified atom stereocenters. The van der Waals surface area contributed by atoms with E-state index in [1.54, 1.807) is 11.8 Å². The van der Waals surface area contributed by atoms with Crippen LogP contribution in [0.1, 0.15) is 19.2 Å². The van der Waals surface area contributed by atoms with Crippen LogP contribution in [-0.2, 0) is 13.6 Å². The van der Waals surface area contributed by atoms with Crippen LogP contribution in [0.3, 0.4) is 0 Å². The molecule has 1 rings (SSSR count). The fourth-order valence-electron chi connectivity index (χ4n) is 0.965. The normalized spacial score (nSPS) is 10.5. The van der Waals surface area contributed by atoms with Gasteiger partial charge >= 0.3 is 0 Å². The quantitative estimate of drug-likeness (QED) is 0.591. The summed E-state index contributed by atoms with van der Waals surface area (Å²) in [5, 5.41) is 8.95. The first kappa shape index (κ1) is 11.3. The van der Waals surface area contributed by atoms with E-state index in [0.29, 0.717) is 6.54 Å². The van der Waals surface area contributed by atoms with Crippen LogP contribution in [0.5, 0.6) is 0 Å². The molecular formula is C9H16N4S. The van der Waals surface area contributed by atoms with E-state index in [9.17, 15) is 0 Å². The highest BCUT2D eigenvalue weighted by Gasteiger charge is 2.06. The van der Waals surface area contributed by atoms with Gasteiger partial charge in [-0.15, -0.1) is 16.8 Å². The maximum Gasteiger partial charge on any atom is 0.190 e. The Morgan fingerprint density at radius 1 is 1.57 bits per heavy atom. The van der Waals surface area contributed by atoms with Crippen molar-refractivity contribution >= 4 is 11.8 Å². The average Bonchev–Trinajstić information content (AvgIpc) is 2.47. The Hall–Kier alpha value is -0.810. The van der Waals surface area contributed by atoms with E-state index in [4.69, 9.17) is 5.73 Å². The smallest absolute Gasteiger partial charge is 0.190 e. The Morgan fingerprint density at radius 2 is 2.29 bits per heavy atom. The van der Waals surface area contributed by atoms with Crippen molar-refractivity contribution in [3.05, 3.63) is 18.0 Å². The van der Waals surface area contributed by atoms with Crippen molar-refractivity contribution < 1.29 is 0 Å². The third kappa shape index (κ3) is 2.85. The first-order valence-corrected chi connectivity index (χ1v) is 5.49. The summed E-state index contributed by atoms with van der Waals surface area (Å²) in [6.45, 7) is 6.32. The number of hydrogen-bond acceptors (Lipinski definition) is 4. The second kappa shape index (κ2) is 5.17. The molecule has 0 aromatic carbocycles. The van der Waals surface area contributed by atoms with E-state index in [0.717, 1.165) is 23.2 Å². The summed E-state index contributed by atoms with van der Waals surface area (Å²) < 4.78 is 1.93. The predicted molar refractivity (Wildman–Crippen MR) is 59.0 cm³/mol. The lowest BCUT2D eigenvalue weighted by Crippen LogP contribution is -2.05. The SMILES string of the molecule is C=C(C)CCSc1nnc(CN)n1C. The molecule has 14 heavy (non-hydrogen) atoms. The molecule has 0 bridgehead atoms. The Kier molecular flexibility index (Phi) is 4.16. The molecule has 1 aromatic heterocycles. The van der Waals surface area contributed by atoms with Gasteiger partial charge in [0.1, 0.15) is 5.82 Å². The number of nitrogens with zero attached hydrogens (tertiary/aromatic N) is 3. The van der Waals surface area contributed by atoms with Crippen molar-refractivity contribution in [3.63, 3.8) is 0 Å². The van der Waals surface area contributed by atoms with Crippen LogP contribution in [-0.4, -0.2) is 20.5 Å². The van der Waals surface area contributed by atoms with Gasteiger partial charge in [0.15, 0.2) is 5.16 Å². The number of hydrogen-bond donors (Lipinski definition) is 1. The lowest BCUT2D eigenvalue weighted by Gasteiger charge is -2.01. The average molecular weight is 212 g/mol. The van der Waals surface area contributed by atoms with Crippen molar-refractivity contribution in [2.75, 3.05) is 5.75 Å². The van der Waals surface area contributed by atoms with Gasteiger partial charge in [-0.05, 0) is 13.3 Å². The number of allylic oxidation sites excluding steroid dienone is 1. The highest BCUT2D eigenvalue weighted by Crippen LogP contribution is 2.17. The molecule has 0 atom stereocenters. The molecule has 0 aliphatic carbocycles. The molecule has 0 aliphatic heterocycles. The minimum Gasteiger partial charge on any atom is -0.324 e. The molecule has 0 radical (unpaired) electrons. The Bertz CT molecular complexity index is 319. The number of thioether (sulfide) groups is 1. The monoisotopic (exact) mass is 212 g/mol. The minimum atomic E-state index is 0.435. The third-order valence-electron chi connectivity index (χ3n) is 1.87. The summed E-state index contributed by atoms with van der Waals surface area (Å²) in [5.74, 6) is 1.81. The van der Waals surface area contributed by atoms with E-state index in [1.165, 1.54) is 5.57 Å². The summed E-state index contributed by atoms with van der Waals surface area (Å²) in [6.07, 6.45) is 1.01. The molecule has 0 fully saturated rings. The predicted octanol–water partition coefficient (Wildman–Crippen LogP) is 1.33. The van der Waals surface area contributed by atoms with Gasteiger partial charge in [-0.3, -0.25) is 0 Å². The minimum absolute atomic E-state index is 0.435. The second-order valence-corrected chi connectivity index (χ2v) is 4.28. The van der Waals surface area contributed by atoms with Gasteiger partial charge in [0.05, 0.1) is 6.54 Å². The molecule has 78 valence electrons. The number of rotatable bonds is 5. The van der Waals surface area contributed by atoms with Gasteiger partial charge in [0, 0.05) is 12.8 Å². The van der Waals surface area contributed by atoms with E-state index in [2.05, 4.69) is 16.8 Å². The zero-order chi connectivity index (χ0) is 10.6. The van der Waals surface area contributed by atoms with Crippen molar-refractivity contribution in [1.82, 2.24) is 14.8 Å². The lowest BCUT2D eigenvalue weighted by molar-refractivity contribution is 0.734. The first-order chi connectivity index (χ1) is 6.65. The number of nitrogens with two attached hydrogens (primary N) is 1. The summed E-state index contributed by atoms with van der Waals surface area (Å²) in [7, 11) is 1.94. The van der Waals surface area contributed by atoms with Crippen LogP contribution >= 0.6 is 11.8 Å². The zero-order valence-electron chi connectivity index (χ0n) is 8.66. The molecule has 0 amide bonds. The van der Waals surface area contributed by atoms with Crippen LogP contribution in [0.4, 0.5) is 0 Å². The van der Waals surface area contributed by atoms with Crippen LogP contribution in [0.25, 0.3) is 0 Å². The summed E-state index contributed by atoms with van der Waals surface area (Å²) in [5.41, 5.74) is 6.69. The Morgan fingerprint density at radius 3 is 2.79 bits per heavy atom. The topological polar surface area (TPSA) is 56.7 Å². The van der Waals surface area contributed by atoms with Crippen molar-refractivity contribution in [2.45, 2.75) is 25.0 Å². The second-order valence-electron chi connectivity index (χ2n) is 3.22. The largest absolute Gasteiger partial charge is 0.324 e. The van der Waals surface area contributed by atoms with Crippen molar-refractivity contribution in [2.24, 2.45) is 12.8 Å². The van der Waals surface area contributed by atoms with Gasteiger partial charge in [-0.25, -0.2) is 0 Å². The van der Waals surface area contributed by atoms with Crippen LogP contribution in [0, 0.1) is 0 Å². The Labute approximate surface area is 88.6 Å². The molecule has 0 saturated heterocycles. The van der Waals surface area contributed by atoms with E-state index < -0.39 is 0 Å². The lowest BCUT2D eigenvalue weighted by atomic mass is 10.3. The van der Waals surface area contributed by atoms with E-state index in [1.807, 2.05) is 18.5 Å². The molecule has 5 heteroatoms. The summed E-state index contributed by atoms with van der Waals surface area (Å²) in [4.78, 5) is 0. The molecular weight excluding hydrogens is 196 g/mol. The molecule has 1 aromatic rings. The van der Waals surface area contributed by atoms with Gasteiger partial charge in [-0.2, -0.15) is 0 Å². The molecule has 1 heterocycles. The molecule has 4 nitrogen and oxygen atoms in total. The summed E-state index contributed by atoms with van der Waals surface area (Å²) >= 11 is 1.68. The standard InChI is InChI=1S/C9H16N4S/c1-7(2)4-5-14-9-12-11-8(6-10)13(9)3/h1,4-6,10H2,2-3H3. The van der Waals surface area contributed by atoms with Crippen molar-refractivity contribution in [1.29, 1.82) is 0 Å². The maximum atomic E-state index is 5.49. The van der Waals surface area contributed by atoms with Crippen LogP contribution in [0.2, 0.25) is 0 Å². The van der Waals surface area contributed by atoms with Crippen molar-refractivity contribution in [3.8, 4) is 0 Å². The van der Waals surface area contributed by atoms with Crippen LogP contribution < -0.4 is 5.73 Å². The Balaban J connectivity index is 2.50. The fraction of sp³-hybridized carbons (Fsp3) is 0.556. The first-order valence-electron chi connectivity index (χ1n) is 4.50. The molecule has 0 spiro atoms. The van der Waals surface area contributed by atoms with Gasteiger partial charge in [0.2, 0.25) is 0 Å². The third-order valence-corrected chi connectivity index (χ3v) is 2.89. The van der Waals surface area contributed by atoms with Gasteiger partial charge in [0.25, 0.3) is 0 Å². The number of aromatic nitrogens is 3. The van der Waals surface area contributed by atoms with Crippen LogP contribution in [0.15, 0.2) is 17.3 Å². The zero-order valence-corrected chi connectivity index (χ0v) is 9.47. The molecule has 0 saturated carbocycles. The maximum absolute atomic E-state index is 5.49. The fourth-order valence-corrected chi connectivity index (χ4v) is 2.00. The molecule has 0 aliphatic rings.